The van der Waals surface area contributed by atoms with Gasteiger partial charge in [-0.1, -0.05) is 18.2 Å². The Morgan fingerprint density at radius 2 is 1.77 bits per heavy atom. The molecule has 0 radical (unpaired) electrons. The van der Waals surface area contributed by atoms with E-state index in [0.29, 0.717) is 0 Å². The summed E-state index contributed by atoms with van der Waals surface area (Å²) in [5.74, 6) is -0.922. The van der Waals surface area contributed by atoms with Crippen molar-refractivity contribution in [1.29, 1.82) is 0 Å². The molecule has 0 spiro atoms. The number of nitrogens with zero attached hydrogens (tertiary/aromatic N) is 2. The van der Waals surface area contributed by atoms with E-state index in [1.165, 1.54) is 29.5 Å². The number of hydrogen-bond donors (Lipinski definition) is 2. The molecule has 0 atom stereocenters. The lowest BCUT2D eigenvalue weighted by Crippen LogP contribution is -2.44. The second-order valence-corrected chi connectivity index (χ2v) is 6.37. The van der Waals surface area contributed by atoms with E-state index in [2.05, 4.69) is 15.4 Å². The number of fused-ring (bicyclic) bond motifs is 1. The summed E-state index contributed by atoms with van der Waals surface area (Å²) < 4.78 is 0.834. The molecular formula is C17H10N4O4S. The summed E-state index contributed by atoms with van der Waals surface area (Å²) >= 11 is 1.37. The van der Waals surface area contributed by atoms with Gasteiger partial charge >= 0.3 is 6.03 Å². The number of H-pyrrole nitrogens is 1. The Labute approximate surface area is 149 Å². The van der Waals surface area contributed by atoms with Crippen LogP contribution in [0.3, 0.4) is 0 Å². The molecule has 1 aliphatic rings. The zero-order valence-corrected chi connectivity index (χ0v) is 13.9. The van der Waals surface area contributed by atoms with Crippen molar-refractivity contribution in [2.24, 2.45) is 4.99 Å². The molecular weight excluding hydrogens is 356 g/mol. The van der Waals surface area contributed by atoms with Crippen molar-refractivity contribution < 1.29 is 9.59 Å². The van der Waals surface area contributed by atoms with Crippen LogP contribution in [0.2, 0.25) is 0 Å². The third-order valence-corrected chi connectivity index (χ3v) is 4.59. The number of imide groups is 1. The summed E-state index contributed by atoms with van der Waals surface area (Å²) in [5, 5.41) is 6.65. The number of amides is 3. The Bertz CT molecular complexity index is 1230. The first-order valence-electron chi connectivity index (χ1n) is 7.48. The number of aromatic amines is 1. The summed E-state index contributed by atoms with van der Waals surface area (Å²) in [7, 11) is 0. The summed E-state index contributed by atoms with van der Waals surface area (Å²) in [6, 6.07) is 8.93. The first-order chi connectivity index (χ1) is 12.5. The van der Waals surface area contributed by atoms with Crippen molar-refractivity contribution in [1.82, 2.24) is 15.1 Å². The van der Waals surface area contributed by atoms with E-state index in [4.69, 9.17) is 0 Å². The molecule has 26 heavy (non-hydrogen) atoms. The van der Waals surface area contributed by atoms with E-state index in [0.717, 1.165) is 9.56 Å². The number of thiophene rings is 1. The van der Waals surface area contributed by atoms with Crippen molar-refractivity contribution in [2.75, 3.05) is 0 Å². The van der Waals surface area contributed by atoms with Gasteiger partial charge < -0.3 is 0 Å². The van der Waals surface area contributed by atoms with Crippen LogP contribution >= 0.6 is 11.3 Å². The number of aliphatic imine (C=N–C) groups is 1. The SMILES string of the molecule is O=C1N=C(n2[nH]c(=O)c3ccccc3c2=O)/C(=C/c2cccs2)C(=O)N1. The molecule has 0 unspecified atom stereocenters. The van der Waals surface area contributed by atoms with Crippen LogP contribution in [0.15, 0.2) is 61.9 Å². The Hall–Kier alpha value is -3.59. The average Bonchev–Trinajstić information content (AvgIpc) is 3.13. The number of carbonyl (C=O) groups excluding carboxylic acids is 2. The smallest absolute Gasteiger partial charge is 0.272 e. The molecule has 8 nitrogen and oxygen atoms in total. The molecule has 3 amide bonds. The lowest BCUT2D eigenvalue weighted by Gasteiger charge is -2.16. The summed E-state index contributed by atoms with van der Waals surface area (Å²) in [4.78, 5) is 53.6. The second-order valence-electron chi connectivity index (χ2n) is 5.40. The Morgan fingerprint density at radius 1 is 1.00 bits per heavy atom. The van der Waals surface area contributed by atoms with Crippen LogP contribution in [0, 0.1) is 0 Å². The normalized spacial score (nSPS) is 16.0. The minimum absolute atomic E-state index is 0.0000751. The van der Waals surface area contributed by atoms with Gasteiger partial charge in [0, 0.05) is 4.88 Å². The third kappa shape index (κ3) is 2.60. The maximum atomic E-state index is 12.8. The second kappa shape index (κ2) is 6.05. The molecule has 0 fully saturated rings. The molecule has 1 aromatic carbocycles. The van der Waals surface area contributed by atoms with Gasteiger partial charge in [0.2, 0.25) is 0 Å². The quantitative estimate of drug-likeness (QED) is 0.633. The fraction of sp³-hybridized carbons (Fsp3) is 0. The third-order valence-electron chi connectivity index (χ3n) is 3.77. The highest BCUT2D eigenvalue weighted by Crippen LogP contribution is 2.16. The minimum atomic E-state index is -0.908. The average molecular weight is 366 g/mol. The van der Waals surface area contributed by atoms with Crippen LogP contribution in [0.1, 0.15) is 4.88 Å². The maximum Gasteiger partial charge on any atom is 0.349 e. The monoisotopic (exact) mass is 366 g/mol. The van der Waals surface area contributed by atoms with Crippen molar-refractivity contribution in [2.45, 2.75) is 0 Å². The van der Waals surface area contributed by atoms with Gasteiger partial charge in [0.25, 0.3) is 17.0 Å². The van der Waals surface area contributed by atoms with Crippen LogP contribution < -0.4 is 16.4 Å². The molecule has 3 heterocycles. The van der Waals surface area contributed by atoms with Gasteiger partial charge in [-0.3, -0.25) is 24.8 Å². The van der Waals surface area contributed by atoms with Crippen LogP contribution in [-0.2, 0) is 4.79 Å². The van der Waals surface area contributed by atoms with Gasteiger partial charge in [-0.15, -0.1) is 11.3 Å². The first-order valence-corrected chi connectivity index (χ1v) is 8.36. The molecule has 128 valence electrons. The zero-order valence-electron chi connectivity index (χ0n) is 13.1. The van der Waals surface area contributed by atoms with Crippen molar-refractivity contribution in [3.05, 3.63) is 72.9 Å². The Balaban J connectivity index is 2.01. The van der Waals surface area contributed by atoms with E-state index < -0.39 is 23.1 Å². The number of benzene rings is 1. The van der Waals surface area contributed by atoms with Gasteiger partial charge in [-0.2, -0.15) is 9.67 Å². The number of hydrogen-bond acceptors (Lipinski definition) is 5. The van der Waals surface area contributed by atoms with E-state index in [1.54, 1.807) is 24.3 Å². The van der Waals surface area contributed by atoms with E-state index in [9.17, 15) is 19.2 Å². The molecule has 9 heteroatoms. The topological polar surface area (TPSA) is 113 Å². The van der Waals surface area contributed by atoms with Gasteiger partial charge in [0.15, 0.2) is 5.84 Å². The highest BCUT2D eigenvalue weighted by Gasteiger charge is 2.28. The Morgan fingerprint density at radius 3 is 2.50 bits per heavy atom. The standard InChI is InChI=1S/C17H10N4O4S/c22-14-12(8-9-4-3-7-26-9)13(18-17(25)19-14)21-16(24)11-6-2-1-5-10(11)15(23)20-21/h1-8H,(H,20,23)(H,19,22,25)/b12-8-. The van der Waals surface area contributed by atoms with Gasteiger partial charge in [-0.05, 0) is 29.7 Å². The highest BCUT2D eigenvalue weighted by molar-refractivity contribution is 7.10. The highest BCUT2D eigenvalue weighted by atomic mass is 32.1. The molecule has 4 rings (SSSR count). The van der Waals surface area contributed by atoms with Crippen molar-refractivity contribution in [3.63, 3.8) is 0 Å². The van der Waals surface area contributed by atoms with Crippen LogP contribution in [0.5, 0.6) is 0 Å². The van der Waals surface area contributed by atoms with Crippen LogP contribution in [-0.4, -0.2) is 27.6 Å². The van der Waals surface area contributed by atoms with E-state index in [1.807, 2.05) is 5.38 Å². The van der Waals surface area contributed by atoms with E-state index >= 15 is 0 Å². The van der Waals surface area contributed by atoms with Crippen LogP contribution in [0.4, 0.5) is 4.79 Å². The lowest BCUT2D eigenvalue weighted by atomic mass is 10.1. The molecule has 2 aromatic heterocycles. The van der Waals surface area contributed by atoms with Crippen molar-refractivity contribution in [3.8, 4) is 0 Å². The fourth-order valence-electron chi connectivity index (χ4n) is 2.62. The van der Waals surface area contributed by atoms with Gasteiger partial charge in [0.05, 0.1) is 16.3 Å². The minimum Gasteiger partial charge on any atom is -0.272 e. The lowest BCUT2D eigenvalue weighted by molar-refractivity contribution is -0.116. The molecule has 1 aliphatic heterocycles. The van der Waals surface area contributed by atoms with Gasteiger partial charge in [0.1, 0.15) is 0 Å². The first kappa shape index (κ1) is 15.9. The molecule has 2 N–H and O–H groups in total. The van der Waals surface area contributed by atoms with E-state index in [-0.39, 0.29) is 22.2 Å². The number of aromatic nitrogens is 2. The zero-order chi connectivity index (χ0) is 18.3. The number of rotatable bonds is 1. The van der Waals surface area contributed by atoms with Crippen molar-refractivity contribution >= 4 is 46.0 Å². The van der Waals surface area contributed by atoms with Crippen LogP contribution in [0.25, 0.3) is 16.8 Å². The molecule has 0 bridgehead atoms. The molecule has 3 aromatic rings. The summed E-state index contributed by atoms with van der Waals surface area (Å²) in [6.45, 7) is 0. The largest absolute Gasteiger partial charge is 0.349 e. The number of urea groups is 1. The molecule has 0 saturated carbocycles. The summed E-state index contributed by atoms with van der Waals surface area (Å²) in [6.07, 6.45) is 1.51. The Kier molecular flexibility index (Phi) is 3.70. The summed E-state index contributed by atoms with van der Waals surface area (Å²) in [5.41, 5.74) is -1.12. The predicted molar refractivity (Wildman–Crippen MR) is 97.5 cm³/mol. The molecule has 0 aliphatic carbocycles. The van der Waals surface area contributed by atoms with Gasteiger partial charge in [-0.25, -0.2) is 4.79 Å². The molecule has 0 saturated heterocycles. The fourth-order valence-corrected chi connectivity index (χ4v) is 3.27. The number of nitrogens with one attached hydrogen (secondary N) is 2. The maximum absolute atomic E-state index is 12.8. The number of carbonyl (C=O) groups is 2. The predicted octanol–water partition coefficient (Wildman–Crippen LogP) is 1.33.